The van der Waals surface area contributed by atoms with Gasteiger partial charge in [-0.3, -0.25) is 4.98 Å². The standard InChI is InChI=1S/C17H12N4/c1-2-6-12(7-3-1)20-21-15-13-8-4-10-18-16(13)17-14(15)9-5-11-19-17/h1-11,18H. The van der Waals surface area contributed by atoms with E-state index in [1.165, 1.54) is 0 Å². The van der Waals surface area contributed by atoms with Crippen molar-refractivity contribution < 1.29 is 0 Å². The van der Waals surface area contributed by atoms with Crippen LogP contribution < -0.4 is 0 Å². The summed E-state index contributed by atoms with van der Waals surface area (Å²) in [6.07, 6.45) is 3.69. The van der Waals surface area contributed by atoms with Crippen LogP contribution in [0.5, 0.6) is 0 Å². The number of hydrogen-bond acceptors (Lipinski definition) is 3. The number of rotatable bonds is 2. The third kappa shape index (κ3) is 1.97. The highest BCUT2D eigenvalue weighted by Gasteiger charge is 2.18. The summed E-state index contributed by atoms with van der Waals surface area (Å²) in [7, 11) is 0. The van der Waals surface area contributed by atoms with Crippen LogP contribution in [0.4, 0.5) is 11.4 Å². The number of nitrogens with zero attached hydrogens (tertiary/aromatic N) is 3. The van der Waals surface area contributed by atoms with Gasteiger partial charge in [-0.15, -0.1) is 5.11 Å². The van der Waals surface area contributed by atoms with E-state index >= 15 is 0 Å². The maximum Gasteiger partial charge on any atom is 0.105 e. The fourth-order valence-electron chi connectivity index (χ4n) is 2.48. The molecule has 0 radical (unpaired) electrons. The lowest BCUT2D eigenvalue weighted by molar-refractivity contribution is 1.24. The van der Waals surface area contributed by atoms with Gasteiger partial charge in [0.25, 0.3) is 0 Å². The predicted octanol–water partition coefficient (Wildman–Crippen LogP) is 5.08. The van der Waals surface area contributed by atoms with Crippen LogP contribution in [0, 0.1) is 0 Å². The van der Waals surface area contributed by atoms with E-state index in [0.717, 1.165) is 33.5 Å². The molecule has 2 heterocycles. The first-order valence-corrected chi connectivity index (χ1v) is 6.74. The summed E-state index contributed by atoms with van der Waals surface area (Å²) in [4.78, 5) is 7.70. The molecule has 0 saturated carbocycles. The highest BCUT2D eigenvalue weighted by molar-refractivity contribution is 6.08. The third-order valence-electron chi connectivity index (χ3n) is 3.43. The van der Waals surface area contributed by atoms with Crippen molar-refractivity contribution in [1.29, 1.82) is 0 Å². The van der Waals surface area contributed by atoms with E-state index < -0.39 is 0 Å². The highest BCUT2D eigenvalue weighted by Crippen LogP contribution is 2.42. The molecule has 0 atom stereocenters. The zero-order chi connectivity index (χ0) is 14.1. The lowest BCUT2D eigenvalue weighted by atomic mass is 10.2. The van der Waals surface area contributed by atoms with Crippen molar-refractivity contribution in [2.24, 2.45) is 10.2 Å². The molecule has 4 nitrogen and oxygen atoms in total. The third-order valence-corrected chi connectivity index (χ3v) is 3.43. The second kappa shape index (κ2) is 4.83. The number of hydrogen-bond donors (Lipinski definition) is 1. The van der Waals surface area contributed by atoms with Crippen LogP contribution in [0.1, 0.15) is 0 Å². The lowest BCUT2D eigenvalue weighted by Gasteiger charge is -1.98. The Kier molecular flexibility index (Phi) is 2.71. The van der Waals surface area contributed by atoms with E-state index in [-0.39, 0.29) is 0 Å². The Morgan fingerprint density at radius 1 is 0.857 bits per heavy atom. The van der Waals surface area contributed by atoms with Crippen LogP contribution in [0.15, 0.2) is 77.2 Å². The summed E-state index contributed by atoms with van der Waals surface area (Å²) >= 11 is 0. The molecule has 1 aliphatic carbocycles. The van der Waals surface area contributed by atoms with Crippen molar-refractivity contribution in [1.82, 2.24) is 9.97 Å². The lowest BCUT2D eigenvalue weighted by Crippen LogP contribution is -1.80. The number of aromatic nitrogens is 2. The van der Waals surface area contributed by atoms with E-state index in [2.05, 4.69) is 20.2 Å². The summed E-state index contributed by atoms with van der Waals surface area (Å²) in [5, 5.41) is 9.80. The van der Waals surface area contributed by atoms with Gasteiger partial charge in [-0.1, -0.05) is 18.2 Å². The van der Waals surface area contributed by atoms with Gasteiger partial charge < -0.3 is 4.98 Å². The Hall–Kier alpha value is -3.01. The molecule has 21 heavy (non-hydrogen) atoms. The van der Waals surface area contributed by atoms with Gasteiger partial charge in [0.15, 0.2) is 0 Å². The van der Waals surface area contributed by atoms with Crippen molar-refractivity contribution in [3.63, 3.8) is 0 Å². The van der Waals surface area contributed by atoms with Gasteiger partial charge in [-0.2, -0.15) is 5.11 Å². The number of nitrogens with one attached hydrogen (secondary N) is 1. The average Bonchev–Trinajstić information content (AvgIpc) is 2.88. The van der Waals surface area contributed by atoms with Crippen molar-refractivity contribution >= 4 is 22.3 Å². The van der Waals surface area contributed by atoms with Gasteiger partial charge in [0.1, 0.15) is 5.69 Å². The summed E-state index contributed by atoms with van der Waals surface area (Å²) in [5.41, 5.74) is 4.65. The minimum absolute atomic E-state index is 0.837. The van der Waals surface area contributed by atoms with Gasteiger partial charge in [0.2, 0.25) is 0 Å². The number of azo groups is 1. The smallest absolute Gasteiger partial charge is 0.105 e. The Bertz CT molecular complexity index is 893. The molecular formula is C17H12N4. The molecule has 1 aromatic heterocycles. The first kappa shape index (κ1) is 11.8. The molecule has 4 rings (SSSR count). The molecular weight excluding hydrogens is 260 g/mol. The van der Waals surface area contributed by atoms with E-state index in [1.807, 2.05) is 60.8 Å². The molecule has 2 aromatic rings. The second-order valence-corrected chi connectivity index (χ2v) is 4.74. The Balaban J connectivity index is 1.93. The minimum Gasteiger partial charge on any atom is -0.359 e. The molecule has 0 fully saturated rings. The highest BCUT2D eigenvalue weighted by atomic mass is 15.1. The van der Waals surface area contributed by atoms with Gasteiger partial charge in [0.05, 0.1) is 16.9 Å². The minimum atomic E-state index is 0.837. The Morgan fingerprint density at radius 3 is 2.67 bits per heavy atom. The maximum atomic E-state index is 4.46. The fraction of sp³-hybridized carbons (Fsp3) is 0. The Labute approximate surface area is 121 Å². The zero-order valence-corrected chi connectivity index (χ0v) is 11.2. The van der Waals surface area contributed by atoms with E-state index in [9.17, 15) is 0 Å². The SMILES string of the molecule is c1ccc(N=Nc2c3ccc[nH]c-3c3ncccc23)cc1. The van der Waals surface area contributed by atoms with Crippen molar-refractivity contribution in [2.75, 3.05) is 0 Å². The summed E-state index contributed by atoms with van der Waals surface area (Å²) in [6, 6.07) is 17.7. The van der Waals surface area contributed by atoms with Crippen LogP contribution in [-0.2, 0) is 0 Å². The first-order chi connectivity index (χ1) is 10.4. The largest absolute Gasteiger partial charge is 0.359 e. The van der Waals surface area contributed by atoms with E-state index in [0.29, 0.717) is 0 Å². The topological polar surface area (TPSA) is 53.4 Å². The normalized spacial score (nSPS) is 11.6. The number of benzene rings is 1. The van der Waals surface area contributed by atoms with E-state index in [4.69, 9.17) is 0 Å². The number of pyridine rings is 2. The molecule has 4 heteroatoms. The molecule has 0 saturated heterocycles. The number of fused-ring (bicyclic) bond motifs is 3. The van der Waals surface area contributed by atoms with Crippen molar-refractivity contribution in [3.05, 3.63) is 67.0 Å². The average molecular weight is 272 g/mol. The van der Waals surface area contributed by atoms with Gasteiger partial charge in [0, 0.05) is 23.3 Å². The fourth-order valence-corrected chi connectivity index (χ4v) is 2.48. The second-order valence-electron chi connectivity index (χ2n) is 4.74. The number of H-pyrrole nitrogens is 1. The molecule has 0 unspecified atom stereocenters. The van der Waals surface area contributed by atoms with Gasteiger partial charge in [-0.25, -0.2) is 0 Å². The van der Waals surface area contributed by atoms with Gasteiger partial charge in [-0.05, 0) is 36.4 Å². The quantitative estimate of drug-likeness (QED) is 0.508. The summed E-state index contributed by atoms with van der Waals surface area (Å²) in [5.74, 6) is 0. The number of aromatic amines is 1. The molecule has 0 amide bonds. The molecule has 1 aliphatic heterocycles. The monoisotopic (exact) mass is 272 g/mol. The van der Waals surface area contributed by atoms with Crippen LogP contribution in [0.2, 0.25) is 0 Å². The molecule has 1 aromatic carbocycles. The Morgan fingerprint density at radius 2 is 1.76 bits per heavy atom. The van der Waals surface area contributed by atoms with Crippen molar-refractivity contribution in [2.45, 2.75) is 0 Å². The molecule has 0 spiro atoms. The molecule has 0 bridgehead atoms. The maximum absolute atomic E-state index is 4.46. The first-order valence-electron chi connectivity index (χ1n) is 6.74. The summed E-state index contributed by atoms with van der Waals surface area (Å²) < 4.78 is 0. The van der Waals surface area contributed by atoms with Gasteiger partial charge >= 0.3 is 0 Å². The van der Waals surface area contributed by atoms with E-state index in [1.54, 1.807) is 6.20 Å². The van der Waals surface area contributed by atoms with Crippen LogP contribution in [0.3, 0.4) is 0 Å². The van der Waals surface area contributed by atoms with Crippen LogP contribution >= 0.6 is 0 Å². The molecule has 100 valence electrons. The summed E-state index contributed by atoms with van der Waals surface area (Å²) in [6.45, 7) is 0. The zero-order valence-electron chi connectivity index (χ0n) is 11.2. The predicted molar refractivity (Wildman–Crippen MR) is 83.3 cm³/mol. The molecule has 2 aliphatic rings. The van der Waals surface area contributed by atoms with Crippen molar-refractivity contribution in [3.8, 4) is 11.3 Å². The molecule has 1 N–H and O–H groups in total. The van der Waals surface area contributed by atoms with Crippen LogP contribution in [0.25, 0.3) is 22.2 Å². The van der Waals surface area contributed by atoms with Crippen LogP contribution in [-0.4, -0.2) is 9.97 Å².